The smallest absolute Gasteiger partial charge is 0.412 e. The number of amides is 1. The quantitative estimate of drug-likeness (QED) is 0.454. The van der Waals surface area contributed by atoms with E-state index < -0.39 is 28.4 Å². The zero-order chi connectivity index (χ0) is 14.6. The van der Waals surface area contributed by atoms with E-state index in [0.717, 1.165) is 0 Å². The van der Waals surface area contributed by atoms with Gasteiger partial charge in [0.2, 0.25) is 0 Å². The number of carbonyl (C=O) groups is 2. The molecule has 0 bridgehead atoms. The molecule has 0 aromatic rings. The van der Waals surface area contributed by atoms with Crippen LogP contribution in [0, 0.1) is 0 Å². The summed E-state index contributed by atoms with van der Waals surface area (Å²) in [5.41, 5.74) is -0.744. The normalized spacial score (nSPS) is 22.7. The molecule has 0 aromatic carbocycles. The number of nitrogens with zero attached hydrogens (tertiary/aromatic N) is 1. The van der Waals surface area contributed by atoms with E-state index >= 15 is 0 Å². The molecule has 1 amide bonds. The molecule has 0 spiro atoms. The summed E-state index contributed by atoms with van der Waals surface area (Å²) in [7, 11) is 0. The first-order valence-electron chi connectivity index (χ1n) is 5.82. The van der Waals surface area contributed by atoms with Gasteiger partial charge < -0.3 is 9.47 Å². The van der Waals surface area contributed by atoms with Gasteiger partial charge in [0, 0.05) is 4.75 Å². The lowest BCUT2D eigenvalue weighted by atomic mass is 10.0. The molecule has 0 aromatic heterocycles. The van der Waals surface area contributed by atoms with Gasteiger partial charge in [-0.15, -0.1) is 11.8 Å². The van der Waals surface area contributed by atoms with Crippen molar-refractivity contribution >= 4 is 35.4 Å². The van der Waals surface area contributed by atoms with Crippen LogP contribution in [0.4, 0.5) is 4.79 Å². The minimum atomic E-state index is -0.744. The summed E-state index contributed by atoms with van der Waals surface area (Å²) in [5, 5.41) is 0. The highest BCUT2D eigenvalue weighted by Crippen LogP contribution is 2.40. The van der Waals surface area contributed by atoms with Crippen LogP contribution in [0.5, 0.6) is 0 Å². The number of carbonyl (C=O) groups excluding carboxylic acids is 2. The van der Waals surface area contributed by atoms with Gasteiger partial charge in [-0.3, -0.25) is 4.90 Å². The summed E-state index contributed by atoms with van der Waals surface area (Å²) in [4.78, 5) is 25.3. The Labute approximate surface area is 122 Å². The molecule has 108 valence electrons. The third-order valence-electron chi connectivity index (χ3n) is 2.61. The highest BCUT2D eigenvalue weighted by molar-refractivity contribution is 8.00. The fourth-order valence-corrected chi connectivity index (χ4v) is 2.94. The van der Waals surface area contributed by atoms with Crippen molar-refractivity contribution in [3.05, 3.63) is 12.7 Å². The van der Waals surface area contributed by atoms with Crippen molar-refractivity contribution < 1.29 is 19.1 Å². The number of hydrogen-bond acceptors (Lipinski definition) is 5. The number of hydrogen-bond donors (Lipinski definition) is 0. The molecule has 0 radical (unpaired) electrons. The molecule has 7 heteroatoms. The molecule has 5 nitrogen and oxygen atoms in total. The van der Waals surface area contributed by atoms with Crippen LogP contribution in [0.1, 0.15) is 20.8 Å². The Morgan fingerprint density at radius 2 is 2.26 bits per heavy atom. The minimum Gasteiger partial charge on any atom is -0.460 e. The van der Waals surface area contributed by atoms with Crippen LogP contribution < -0.4 is 0 Å². The molecule has 2 atom stereocenters. The molecule has 0 N–H and O–H groups in total. The Hall–Kier alpha value is -0.880. The highest BCUT2D eigenvalue weighted by atomic mass is 35.5. The fraction of sp³-hybridized carbons (Fsp3) is 0.667. The van der Waals surface area contributed by atoms with Crippen LogP contribution in [0.2, 0.25) is 0 Å². The lowest BCUT2D eigenvalue weighted by Gasteiger charge is -2.28. The molecule has 1 rings (SSSR count). The highest BCUT2D eigenvalue weighted by Gasteiger charge is 2.49. The zero-order valence-corrected chi connectivity index (χ0v) is 12.8. The number of halogens is 1. The van der Waals surface area contributed by atoms with E-state index in [1.807, 2.05) is 13.8 Å². The van der Waals surface area contributed by atoms with Gasteiger partial charge in [0.1, 0.15) is 12.6 Å². The standard InChI is InChI=1S/C12H18ClNO4S/c1-5-6-17-10(15)9-12(3,4)19-7-14(9)11(16)18-8(2)13/h5,8-9H,1,6-7H2,2-4H3. The first-order valence-corrected chi connectivity index (χ1v) is 7.24. The van der Waals surface area contributed by atoms with Gasteiger partial charge in [-0.1, -0.05) is 24.3 Å². The summed E-state index contributed by atoms with van der Waals surface area (Å²) in [5.74, 6) is -0.0994. The Balaban J connectivity index is 2.83. The summed E-state index contributed by atoms with van der Waals surface area (Å²) in [6.45, 7) is 8.91. The minimum absolute atomic E-state index is 0.116. The van der Waals surface area contributed by atoms with E-state index in [-0.39, 0.29) is 6.61 Å². The van der Waals surface area contributed by atoms with Gasteiger partial charge >= 0.3 is 12.1 Å². The molecule has 1 aliphatic rings. The van der Waals surface area contributed by atoms with Crippen LogP contribution in [0.25, 0.3) is 0 Å². The van der Waals surface area contributed by atoms with Crippen LogP contribution in [0.15, 0.2) is 12.7 Å². The molecule has 1 heterocycles. The fourth-order valence-electron chi connectivity index (χ4n) is 1.76. The van der Waals surface area contributed by atoms with Crippen LogP contribution >= 0.6 is 23.4 Å². The molecular weight excluding hydrogens is 290 g/mol. The molecule has 0 saturated carbocycles. The maximum atomic E-state index is 12.1. The predicted molar refractivity (Wildman–Crippen MR) is 75.1 cm³/mol. The summed E-state index contributed by atoms with van der Waals surface area (Å²) < 4.78 is 9.53. The van der Waals surface area contributed by atoms with Crippen molar-refractivity contribution in [2.45, 2.75) is 37.1 Å². The number of rotatable bonds is 4. The van der Waals surface area contributed by atoms with Crippen LogP contribution in [-0.4, -0.2) is 45.8 Å². The van der Waals surface area contributed by atoms with Crippen molar-refractivity contribution in [2.75, 3.05) is 12.5 Å². The van der Waals surface area contributed by atoms with Gasteiger partial charge in [-0.25, -0.2) is 9.59 Å². The maximum absolute atomic E-state index is 12.1. The number of ether oxygens (including phenoxy) is 2. The van der Waals surface area contributed by atoms with Crippen molar-refractivity contribution in [3.8, 4) is 0 Å². The van der Waals surface area contributed by atoms with Crippen LogP contribution in [0.3, 0.4) is 0 Å². The van der Waals surface area contributed by atoms with Crippen molar-refractivity contribution in [1.29, 1.82) is 0 Å². The topological polar surface area (TPSA) is 55.8 Å². The van der Waals surface area contributed by atoms with Crippen LogP contribution in [-0.2, 0) is 14.3 Å². The van der Waals surface area contributed by atoms with Crippen molar-refractivity contribution in [2.24, 2.45) is 0 Å². The predicted octanol–water partition coefficient (Wildman–Crippen LogP) is 2.59. The molecule has 0 aliphatic carbocycles. The SMILES string of the molecule is C=CCOC(=O)C1N(C(=O)OC(C)Cl)CSC1(C)C. The third kappa shape index (κ3) is 4.04. The average molecular weight is 308 g/mol. The lowest BCUT2D eigenvalue weighted by Crippen LogP contribution is -2.50. The second-order valence-electron chi connectivity index (χ2n) is 4.59. The molecule has 1 aliphatic heterocycles. The van der Waals surface area contributed by atoms with E-state index in [2.05, 4.69) is 6.58 Å². The first-order chi connectivity index (χ1) is 8.79. The van der Waals surface area contributed by atoms with Crippen molar-refractivity contribution in [1.82, 2.24) is 4.90 Å². The van der Waals surface area contributed by atoms with E-state index in [4.69, 9.17) is 21.1 Å². The van der Waals surface area contributed by atoms with Crippen molar-refractivity contribution in [3.63, 3.8) is 0 Å². The van der Waals surface area contributed by atoms with E-state index in [1.165, 1.54) is 22.7 Å². The Bertz CT molecular complexity index is 373. The van der Waals surface area contributed by atoms with E-state index in [0.29, 0.717) is 5.88 Å². The van der Waals surface area contributed by atoms with E-state index in [1.54, 1.807) is 6.92 Å². The van der Waals surface area contributed by atoms with Gasteiger partial charge in [-0.05, 0) is 20.8 Å². The Morgan fingerprint density at radius 1 is 1.63 bits per heavy atom. The maximum Gasteiger partial charge on any atom is 0.412 e. The molecule has 2 unspecified atom stereocenters. The monoisotopic (exact) mass is 307 g/mol. The summed E-state index contributed by atoms with van der Waals surface area (Å²) in [6.07, 6.45) is 0.873. The molecule has 1 fully saturated rings. The zero-order valence-electron chi connectivity index (χ0n) is 11.2. The van der Waals surface area contributed by atoms with Gasteiger partial charge in [0.25, 0.3) is 0 Å². The lowest BCUT2D eigenvalue weighted by molar-refractivity contribution is -0.148. The number of thioether (sulfide) groups is 1. The largest absolute Gasteiger partial charge is 0.460 e. The summed E-state index contributed by atoms with van der Waals surface area (Å²) >= 11 is 7.12. The molecular formula is C12H18ClNO4S. The van der Waals surface area contributed by atoms with Gasteiger partial charge in [0.15, 0.2) is 5.56 Å². The third-order valence-corrected chi connectivity index (χ3v) is 4.07. The summed E-state index contributed by atoms with van der Waals surface area (Å²) in [6, 6.07) is -0.694. The van der Waals surface area contributed by atoms with Gasteiger partial charge in [-0.2, -0.15) is 0 Å². The molecule has 1 saturated heterocycles. The molecule has 19 heavy (non-hydrogen) atoms. The second-order valence-corrected chi connectivity index (χ2v) is 6.81. The first kappa shape index (κ1) is 16.2. The van der Waals surface area contributed by atoms with Gasteiger partial charge in [0.05, 0.1) is 5.88 Å². The number of alkyl halides is 1. The second kappa shape index (κ2) is 6.52. The average Bonchev–Trinajstić information content (AvgIpc) is 2.61. The number of esters is 1. The van der Waals surface area contributed by atoms with E-state index in [9.17, 15) is 9.59 Å². The Kier molecular flexibility index (Phi) is 5.55. The Morgan fingerprint density at radius 3 is 2.79 bits per heavy atom.